The lowest BCUT2D eigenvalue weighted by molar-refractivity contribution is -0.133. The summed E-state index contributed by atoms with van der Waals surface area (Å²) in [6, 6.07) is 0. The lowest BCUT2D eigenvalue weighted by Crippen LogP contribution is -2.56. The quantitative estimate of drug-likeness (QED) is 0.667. The first-order chi connectivity index (χ1) is 11.9. The van der Waals surface area contributed by atoms with Gasteiger partial charge in [0.2, 0.25) is 5.91 Å². The van der Waals surface area contributed by atoms with Crippen molar-refractivity contribution in [2.24, 2.45) is 5.92 Å². The van der Waals surface area contributed by atoms with E-state index in [4.69, 9.17) is 0 Å². The molecule has 0 saturated carbocycles. The summed E-state index contributed by atoms with van der Waals surface area (Å²) in [7, 11) is 0. The van der Waals surface area contributed by atoms with Gasteiger partial charge in [-0.2, -0.15) is 0 Å². The number of likely N-dealkylation sites (tertiary alicyclic amines) is 1. The van der Waals surface area contributed by atoms with Gasteiger partial charge >= 0.3 is 17.1 Å². The Bertz CT molecular complexity index is 797. The highest BCUT2D eigenvalue weighted by molar-refractivity contribution is 5.76. The maximum absolute atomic E-state index is 12.5. The summed E-state index contributed by atoms with van der Waals surface area (Å²) >= 11 is 0. The minimum absolute atomic E-state index is 0.0377. The molecule has 1 fully saturated rings. The molecule has 0 aromatic carbocycles. The minimum atomic E-state index is -0.798. The van der Waals surface area contributed by atoms with Crippen molar-refractivity contribution in [1.29, 1.82) is 0 Å². The van der Waals surface area contributed by atoms with Gasteiger partial charge in [-0.15, -0.1) is 13.2 Å². The van der Waals surface area contributed by atoms with Gasteiger partial charge in [0.1, 0.15) is 6.54 Å². The van der Waals surface area contributed by atoms with Gasteiger partial charge in [-0.3, -0.25) is 4.79 Å². The SMILES string of the molecule is C=CCn1c(=O)n(CC=C)c(=O)n(CC(=O)N2CCCC(C)C2)c1=O. The molecule has 0 spiro atoms. The Labute approximate surface area is 145 Å². The molecule has 1 atom stereocenters. The van der Waals surface area contributed by atoms with Crippen LogP contribution in [0.3, 0.4) is 0 Å². The molecule has 1 aliphatic rings. The molecule has 1 unspecified atom stereocenters. The monoisotopic (exact) mass is 348 g/mol. The summed E-state index contributed by atoms with van der Waals surface area (Å²) < 4.78 is 2.60. The van der Waals surface area contributed by atoms with Gasteiger partial charge in [0.05, 0.1) is 13.1 Å². The fraction of sp³-hybridized carbons (Fsp3) is 0.529. The third-order valence-corrected chi connectivity index (χ3v) is 4.31. The zero-order chi connectivity index (χ0) is 18.6. The standard InChI is InChI=1S/C17H24N4O4/c1-4-8-19-15(23)20(9-5-2)17(25)21(16(19)24)12-14(22)18-10-6-7-13(3)11-18/h4-5,13H,1-2,6-12H2,3H3. The second-order valence-electron chi connectivity index (χ2n) is 6.32. The van der Waals surface area contributed by atoms with Gasteiger partial charge in [0.25, 0.3) is 0 Å². The number of hydrogen-bond acceptors (Lipinski definition) is 4. The number of carbonyl (C=O) groups is 1. The Morgan fingerprint density at radius 3 is 2.04 bits per heavy atom. The first-order valence-corrected chi connectivity index (χ1v) is 8.34. The highest BCUT2D eigenvalue weighted by Gasteiger charge is 2.23. The Hall–Kier alpha value is -2.64. The molecule has 0 aliphatic carbocycles. The van der Waals surface area contributed by atoms with E-state index in [2.05, 4.69) is 20.1 Å². The zero-order valence-electron chi connectivity index (χ0n) is 14.5. The first kappa shape index (κ1) is 18.7. The molecule has 8 heteroatoms. The van der Waals surface area contributed by atoms with Gasteiger partial charge in [-0.1, -0.05) is 19.1 Å². The van der Waals surface area contributed by atoms with Crippen molar-refractivity contribution in [3.8, 4) is 0 Å². The van der Waals surface area contributed by atoms with Gasteiger partial charge in [0.15, 0.2) is 0 Å². The predicted octanol–water partition coefficient (Wildman–Crippen LogP) is -0.198. The van der Waals surface area contributed by atoms with Gasteiger partial charge < -0.3 is 4.90 Å². The van der Waals surface area contributed by atoms with Gasteiger partial charge in [-0.25, -0.2) is 28.1 Å². The van der Waals surface area contributed by atoms with E-state index in [-0.39, 0.29) is 25.5 Å². The Morgan fingerprint density at radius 1 is 1.04 bits per heavy atom. The van der Waals surface area contributed by atoms with E-state index in [1.165, 1.54) is 12.2 Å². The number of piperidine rings is 1. The summed E-state index contributed by atoms with van der Waals surface area (Å²) in [5.41, 5.74) is -2.33. The fourth-order valence-corrected chi connectivity index (χ4v) is 3.04. The number of aromatic nitrogens is 3. The maximum atomic E-state index is 12.5. The first-order valence-electron chi connectivity index (χ1n) is 8.34. The smallest absolute Gasteiger partial charge is 0.337 e. The highest BCUT2D eigenvalue weighted by Crippen LogP contribution is 2.15. The van der Waals surface area contributed by atoms with Crippen LogP contribution in [0.4, 0.5) is 0 Å². The summed E-state index contributed by atoms with van der Waals surface area (Å²) in [5, 5.41) is 0. The number of carbonyl (C=O) groups excluding carboxylic acids is 1. The van der Waals surface area contributed by atoms with Crippen molar-refractivity contribution < 1.29 is 4.79 Å². The molecule has 1 aliphatic heterocycles. The summed E-state index contributed by atoms with van der Waals surface area (Å²) in [5.74, 6) is 0.0984. The zero-order valence-corrected chi connectivity index (χ0v) is 14.5. The van der Waals surface area contributed by atoms with E-state index in [1.54, 1.807) is 4.90 Å². The topological polar surface area (TPSA) is 86.3 Å². The molecule has 0 bridgehead atoms. The van der Waals surface area contributed by atoms with Crippen LogP contribution in [0.25, 0.3) is 0 Å². The van der Waals surface area contributed by atoms with Crippen LogP contribution in [-0.2, 0) is 24.4 Å². The van der Waals surface area contributed by atoms with E-state index in [0.29, 0.717) is 19.0 Å². The van der Waals surface area contributed by atoms with Crippen molar-refractivity contribution in [2.45, 2.75) is 39.4 Å². The summed E-state index contributed by atoms with van der Waals surface area (Å²) in [6.45, 7) is 9.88. The van der Waals surface area contributed by atoms with Crippen LogP contribution in [0.5, 0.6) is 0 Å². The number of rotatable bonds is 6. The molecule has 0 radical (unpaired) electrons. The van der Waals surface area contributed by atoms with E-state index < -0.39 is 17.1 Å². The van der Waals surface area contributed by atoms with Crippen LogP contribution in [-0.4, -0.2) is 37.6 Å². The van der Waals surface area contributed by atoms with Crippen LogP contribution < -0.4 is 17.1 Å². The van der Waals surface area contributed by atoms with Crippen LogP contribution >= 0.6 is 0 Å². The summed E-state index contributed by atoms with van der Waals surface area (Å²) in [4.78, 5) is 51.5. The maximum Gasteiger partial charge on any atom is 0.337 e. The number of hydrogen-bond donors (Lipinski definition) is 0. The lowest BCUT2D eigenvalue weighted by atomic mass is 10.0. The molecular weight excluding hydrogens is 324 g/mol. The summed E-state index contributed by atoms with van der Waals surface area (Å²) in [6.07, 6.45) is 4.74. The van der Waals surface area contributed by atoms with Crippen LogP contribution in [0.15, 0.2) is 39.7 Å². The van der Waals surface area contributed by atoms with Crippen LogP contribution in [0, 0.1) is 5.92 Å². The highest BCUT2D eigenvalue weighted by atomic mass is 16.2. The van der Waals surface area contributed by atoms with Crippen LogP contribution in [0.2, 0.25) is 0 Å². The molecule has 2 heterocycles. The Kier molecular flexibility index (Phi) is 5.95. The molecular formula is C17H24N4O4. The van der Waals surface area contributed by atoms with Crippen molar-refractivity contribution in [2.75, 3.05) is 13.1 Å². The second kappa shape index (κ2) is 7.96. The predicted molar refractivity (Wildman–Crippen MR) is 94.6 cm³/mol. The number of allylic oxidation sites excluding steroid dienone is 2. The largest absolute Gasteiger partial charge is 0.341 e. The average molecular weight is 348 g/mol. The molecule has 2 rings (SSSR count). The van der Waals surface area contributed by atoms with E-state index in [9.17, 15) is 19.2 Å². The van der Waals surface area contributed by atoms with Crippen molar-refractivity contribution in [1.82, 2.24) is 18.6 Å². The third-order valence-electron chi connectivity index (χ3n) is 4.31. The minimum Gasteiger partial charge on any atom is -0.341 e. The van der Waals surface area contributed by atoms with Crippen molar-refractivity contribution >= 4 is 5.91 Å². The van der Waals surface area contributed by atoms with E-state index in [0.717, 1.165) is 26.5 Å². The van der Waals surface area contributed by atoms with Crippen LogP contribution in [0.1, 0.15) is 19.8 Å². The number of amides is 1. The molecule has 1 amide bonds. The van der Waals surface area contributed by atoms with Gasteiger partial charge in [0, 0.05) is 13.1 Å². The third kappa shape index (κ3) is 3.89. The normalized spacial score (nSPS) is 17.3. The van der Waals surface area contributed by atoms with Crippen molar-refractivity contribution in [3.63, 3.8) is 0 Å². The molecule has 1 aromatic rings. The molecule has 1 aromatic heterocycles. The van der Waals surface area contributed by atoms with E-state index in [1.807, 2.05) is 0 Å². The average Bonchev–Trinajstić information content (AvgIpc) is 2.59. The second-order valence-corrected chi connectivity index (χ2v) is 6.32. The molecule has 0 N–H and O–H groups in total. The molecule has 136 valence electrons. The fourth-order valence-electron chi connectivity index (χ4n) is 3.04. The Morgan fingerprint density at radius 2 is 1.56 bits per heavy atom. The molecule has 25 heavy (non-hydrogen) atoms. The van der Waals surface area contributed by atoms with Gasteiger partial charge in [-0.05, 0) is 18.8 Å². The lowest BCUT2D eigenvalue weighted by Gasteiger charge is -2.31. The van der Waals surface area contributed by atoms with E-state index >= 15 is 0 Å². The molecule has 8 nitrogen and oxygen atoms in total. The molecule has 1 saturated heterocycles. The number of nitrogens with zero attached hydrogens (tertiary/aromatic N) is 4. The Balaban J connectivity index is 2.45. The van der Waals surface area contributed by atoms with Crippen molar-refractivity contribution in [3.05, 3.63) is 56.8 Å².